The number of halogens is 1. The summed E-state index contributed by atoms with van der Waals surface area (Å²) in [5.41, 5.74) is 4.49. The summed E-state index contributed by atoms with van der Waals surface area (Å²) in [4.78, 5) is 48.0. The second-order valence-electron chi connectivity index (χ2n) is 10.6. The number of nitrogens with zero attached hydrogens (tertiary/aromatic N) is 2. The zero-order valence-corrected chi connectivity index (χ0v) is 23.2. The van der Waals surface area contributed by atoms with Gasteiger partial charge in [-0.25, -0.2) is 14.1 Å². The molecule has 9 heteroatoms. The number of carbonyl (C=O) groups excluding carboxylic acids is 3. The molecule has 2 N–H and O–H groups in total. The topological polar surface area (TPSA) is 94.7 Å². The quantitative estimate of drug-likeness (QED) is 0.253. The molecule has 4 amide bonds. The molecule has 4 aromatic carbocycles. The molecule has 2 aliphatic heterocycles. The van der Waals surface area contributed by atoms with Crippen LogP contribution in [0.4, 0.5) is 14.9 Å². The normalized spacial score (nSPS) is 17.6. The Bertz CT molecular complexity index is 1900. The maximum Gasteiger partial charge on any atom is 0.332 e. The first kappa shape index (κ1) is 26.5. The number of ether oxygens (including phenoxy) is 1. The van der Waals surface area contributed by atoms with Gasteiger partial charge in [0.2, 0.25) is 0 Å². The van der Waals surface area contributed by atoms with E-state index in [0.717, 1.165) is 32.6 Å². The van der Waals surface area contributed by atoms with Gasteiger partial charge in [-0.3, -0.25) is 14.5 Å². The van der Waals surface area contributed by atoms with Crippen molar-refractivity contribution in [2.45, 2.75) is 25.0 Å². The first-order valence-corrected chi connectivity index (χ1v) is 14.0. The van der Waals surface area contributed by atoms with Gasteiger partial charge in [-0.2, -0.15) is 0 Å². The minimum Gasteiger partial charge on any atom is -0.496 e. The van der Waals surface area contributed by atoms with Crippen LogP contribution < -0.4 is 15.0 Å². The molecule has 5 aromatic rings. The number of hydrogen-bond acceptors (Lipinski definition) is 4. The first-order chi connectivity index (χ1) is 21.0. The zero-order valence-electron chi connectivity index (χ0n) is 23.2. The average Bonchev–Trinajstić information content (AvgIpc) is 3.53. The number of methoxy groups -OCH3 is 1. The Morgan fingerprint density at radius 1 is 0.953 bits per heavy atom. The fourth-order valence-electron chi connectivity index (χ4n) is 6.27. The van der Waals surface area contributed by atoms with Crippen molar-refractivity contribution in [3.05, 3.63) is 131 Å². The Hall–Kier alpha value is -5.44. The molecule has 1 saturated heterocycles. The maximum absolute atomic E-state index is 14.3. The third-order valence-electron chi connectivity index (χ3n) is 8.26. The second-order valence-corrected chi connectivity index (χ2v) is 10.6. The summed E-state index contributed by atoms with van der Waals surface area (Å²) in [6.07, 6.45) is 0.306. The van der Waals surface area contributed by atoms with E-state index in [2.05, 4.69) is 10.3 Å². The van der Waals surface area contributed by atoms with Gasteiger partial charge in [0.15, 0.2) is 0 Å². The summed E-state index contributed by atoms with van der Waals surface area (Å²) < 4.78 is 19.3. The minimum atomic E-state index is -0.807. The van der Waals surface area contributed by atoms with Gasteiger partial charge >= 0.3 is 6.03 Å². The number of para-hydroxylation sites is 3. The Kier molecular flexibility index (Phi) is 6.42. The highest BCUT2D eigenvalue weighted by atomic mass is 19.1. The van der Waals surface area contributed by atoms with Crippen LogP contribution in [0.3, 0.4) is 0 Å². The molecule has 2 atom stereocenters. The number of hydrogen-bond donors (Lipinski definition) is 2. The van der Waals surface area contributed by atoms with E-state index in [1.807, 2.05) is 48.5 Å². The molecule has 7 rings (SSSR count). The van der Waals surface area contributed by atoms with E-state index >= 15 is 0 Å². The van der Waals surface area contributed by atoms with Crippen LogP contribution in [0.5, 0.6) is 5.75 Å². The number of rotatable bonds is 6. The smallest absolute Gasteiger partial charge is 0.332 e. The van der Waals surface area contributed by atoms with E-state index in [-0.39, 0.29) is 17.8 Å². The number of amides is 4. The van der Waals surface area contributed by atoms with Gasteiger partial charge in [0.25, 0.3) is 11.8 Å². The van der Waals surface area contributed by atoms with Crippen molar-refractivity contribution in [1.82, 2.24) is 15.2 Å². The average molecular weight is 575 g/mol. The van der Waals surface area contributed by atoms with Gasteiger partial charge in [0.05, 0.1) is 18.4 Å². The van der Waals surface area contributed by atoms with Gasteiger partial charge in [-0.05, 0) is 47.5 Å². The van der Waals surface area contributed by atoms with Crippen molar-refractivity contribution in [3.8, 4) is 5.75 Å². The molecular formula is C34H27FN4O4. The van der Waals surface area contributed by atoms with Crippen molar-refractivity contribution >= 4 is 34.4 Å². The highest BCUT2D eigenvalue weighted by molar-refractivity contribution is 6.24. The molecule has 0 spiro atoms. The van der Waals surface area contributed by atoms with Gasteiger partial charge in [-0.1, -0.05) is 60.7 Å². The second kappa shape index (κ2) is 10.4. The molecule has 43 heavy (non-hydrogen) atoms. The molecule has 3 heterocycles. The number of anilines is 1. The minimum absolute atomic E-state index is 0.196. The van der Waals surface area contributed by atoms with Crippen LogP contribution in [0.25, 0.3) is 10.9 Å². The molecule has 1 unspecified atom stereocenters. The van der Waals surface area contributed by atoms with E-state index in [1.165, 1.54) is 12.1 Å². The van der Waals surface area contributed by atoms with Gasteiger partial charge < -0.3 is 15.0 Å². The Balaban J connectivity index is 1.27. The van der Waals surface area contributed by atoms with Gasteiger partial charge in [-0.15, -0.1) is 0 Å². The van der Waals surface area contributed by atoms with E-state index in [1.54, 1.807) is 48.4 Å². The number of benzene rings is 4. The number of carbonyl (C=O) groups is 3. The molecule has 1 aromatic heterocycles. The summed E-state index contributed by atoms with van der Waals surface area (Å²) in [7, 11) is 1.56. The highest BCUT2D eigenvalue weighted by Gasteiger charge is 2.53. The van der Waals surface area contributed by atoms with Crippen LogP contribution in [0.1, 0.15) is 38.8 Å². The Labute approximate surface area is 246 Å². The van der Waals surface area contributed by atoms with Crippen molar-refractivity contribution in [2.24, 2.45) is 0 Å². The third-order valence-corrected chi connectivity index (χ3v) is 8.26. The van der Waals surface area contributed by atoms with Crippen molar-refractivity contribution in [3.63, 3.8) is 0 Å². The fraction of sp³-hybridized carbons (Fsp3) is 0.147. The van der Waals surface area contributed by atoms with Crippen LogP contribution in [0.15, 0.2) is 97.1 Å². The van der Waals surface area contributed by atoms with E-state index in [4.69, 9.17) is 4.74 Å². The molecule has 2 aliphatic rings. The van der Waals surface area contributed by atoms with Crippen molar-refractivity contribution < 1.29 is 23.5 Å². The predicted molar refractivity (Wildman–Crippen MR) is 159 cm³/mol. The summed E-state index contributed by atoms with van der Waals surface area (Å²) in [6.45, 7) is 0.197. The van der Waals surface area contributed by atoms with E-state index < -0.39 is 35.7 Å². The fourth-order valence-corrected chi connectivity index (χ4v) is 6.27. The SMILES string of the molecule is COc1ccccc1CNC(=O)c1ccccc1N1C(=O)[C@@H]2Cc3c([nH]c4ccccc34)C(c3ccc(F)cc3)N2C1=O. The Morgan fingerprint density at radius 3 is 2.49 bits per heavy atom. The lowest BCUT2D eigenvalue weighted by Crippen LogP contribution is -2.44. The first-order valence-electron chi connectivity index (χ1n) is 14.0. The van der Waals surface area contributed by atoms with Gasteiger partial charge in [0, 0.05) is 35.1 Å². The lowest BCUT2D eigenvalue weighted by Gasteiger charge is -2.36. The van der Waals surface area contributed by atoms with Crippen LogP contribution in [0.2, 0.25) is 0 Å². The van der Waals surface area contributed by atoms with Crippen molar-refractivity contribution in [1.29, 1.82) is 0 Å². The van der Waals surface area contributed by atoms with Crippen LogP contribution in [0, 0.1) is 5.82 Å². The summed E-state index contributed by atoms with van der Waals surface area (Å²) in [6, 6.07) is 25.7. The molecular weight excluding hydrogens is 547 g/mol. The van der Waals surface area contributed by atoms with Crippen LogP contribution >= 0.6 is 0 Å². The molecule has 1 fully saturated rings. The number of H-pyrrole nitrogens is 1. The molecule has 214 valence electrons. The summed E-state index contributed by atoms with van der Waals surface area (Å²) >= 11 is 0. The van der Waals surface area contributed by atoms with Gasteiger partial charge in [0.1, 0.15) is 23.7 Å². The maximum atomic E-state index is 14.3. The predicted octanol–water partition coefficient (Wildman–Crippen LogP) is 5.73. The number of aromatic nitrogens is 1. The Morgan fingerprint density at radius 2 is 1.67 bits per heavy atom. The molecule has 8 nitrogen and oxygen atoms in total. The highest BCUT2D eigenvalue weighted by Crippen LogP contribution is 2.45. The lowest BCUT2D eigenvalue weighted by molar-refractivity contribution is -0.120. The molecule has 0 bridgehead atoms. The van der Waals surface area contributed by atoms with Crippen LogP contribution in [-0.4, -0.2) is 40.9 Å². The number of nitrogens with one attached hydrogen (secondary N) is 2. The number of imide groups is 1. The molecule has 0 aliphatic carbocycles. The number of fused-ring (bicyclic) bond motifs is 4. The largest absolute Gasteiger partial charge is 0.496 e. The number of urea groups is 1. The summed E-state index contributed by atoms with van der Waals surface area (Å²) in [5, 5.41) is 3.87. The monoisotopic (exact) mass is 574 g/mol. The summed E-state index contributed by atoms with van der Waals surface area (Å²) in [5.74, 6) is -0.608. The molecule has 0 saturated carbocycles. The van der Waals surface area contributed by atoms with E-state index in [9.17, 15) is 18.8 Å². The number of aromatic amines is 1. The standard InChI is InChI=1S/C34H27FN4O4/c1-43-29-13-7-2-8-21(29)19-36-32(40)24-10-4-6-12-27(24)39-33(41)28-18-25-23-9-3-5-11-26(23)37-30(25)31(38(28)34(39)42)20-14-16-22(35)17-15-20/h2-17,28,31,37H,18-19H2,1H3,(H,36,40)/t28-,31?/m0/s1. The lowest BCUT2D eigenvalue weighted by atomic mass is 9.89. The van der Waals surface area contributed by atoms with E-state index in [0.29, 0.717) is 17.7 Å². The zero-order chi connectivity index (χ0) is 29.7. The van der Waals surface area contributed by atoms with Crippen LogP contribution in [-0.2, 0) is 17.8 Å². The third kappa shape index (κ3) is 4.32. The molecule has 0 radical (unpaired) electrons. The van der Waals surface area contributed by atoms with Crippen molar-refractivity contribution in [2.75, 3.05) is 12.0 Å².